The molecule has 2 aliphatic rings. The van der Waals surface area contributed by atoms with Crippen molar-refractivity contribution < 1.29 is 36.8 Å². The Morgan fingerprint density at radius 3 is 2.91 bits per heavy atom. The molecule has 10 nitrogen and oxygen atoms in total. The van der Waals surface area contributed by atoms with Crippen LogP contribution in [0.3, 0.4) is 0 Å². The number of aliphatic hydroxyl groups is 1. The minimum Gasteiger partial charge on any atom is -0.390 e. The predicted octanol–water partition coefficient (Wildman–Crippen LogP) is 2.30. The molecule has 174 valence electrons. The molecule has 2 aromatic rings. The fourth-order valence-corrected chi connectivity index (χ4v) is 5.07. The number of hydrogen-bond donors (Lipinski definition) is 2. The van der Waals surface area contributed by atoms with Crippen LogP contribution in [-0.4, -0.2) is 40.1 Å². The van der Waals surface area contributed by atoms with E-state index in [1.54, 1.807) is 6.92 Å². The quantitative estimate of drug-likeness (QED) is 0.627. The lowest BCUT2D eigenvalue weighted by atomic mass is 10.0. The number of phosphoric acid groups is 1. The summed E-state index contributed by atoms with van der Waals surface area (Å²) >= 11 is 0. The standard InChI is InChI=1S/C19H22F2N3O7P/c1-10-17(25)15(30-18(10)24-6-4-16(22)23-19(24)26)9-29-32(27)28-7-5-14(31-32)12-8-11(20)2-3-13(12)21/h2-4,6,8,10,14-15,17-18,25H,5,7,9H2,1H3,(H2,22,23,26)/t10-,14?,15+,17-,18+,32?/m0/s1. The fraction of sp³-hybridized carbons (Fsp3) is 0.474. The molecule has 0 radical (unpaired) electrons. The Morgan fingerprint density at radius 2 is 2.16 bits per heavy atom. The summed E-state index contributed by atoms with van der Waals surface area (Å²) in [5.74, 6) is -1.86. The van der Waals surface area contributed by atoms with Gasteiger partial charge in [0.05, 0.1) is 25.4 Å². The highest BCUT2D eigenvalue weighted by Gasteiger charge is 2.45. The average molecular weight is 473 g/mol. The number of anilines is 1. The number of nitrogen functional groups attached to an aromatic ring is 1. The number of nitrogens with two attached hydrogens (primary N) is 1. The van der Waals surface area contributed by atoms with Gasteiger partial charge in [-0.25, -0.2) is 18.1 Å². The second-order valence-electron chi connectivity index (χ2n) is 7.58. The van der Waals surface area contributed by atoms with E-state index >= 15 is 0 Å². The molecule has 0 amide bonds. The van der Waals surface area contributed by atoms with Gasteiger partial charge in [0.15, 0.2) is 0 Å². The summed E-state index contributed by atoms with van der Waals surface area (Å²) in [5, 5.41) is 10.5. The second-order valence-corrected chi connectivity index (χ2v) is 9.20. The van der Waals surface area contributed by atoms with E-state index in [0.29, 0.717) is 0 Å². The van der Waals surface area contributed by atoms with E-state index in [1.165, 1.54) is 16.8 Å². The van der Waals surface area contributed by atoms with E-state index in [1.807, 2.05) is 0 Å². The molecule has 2 fully saturated rings. The van der Waals surface area contributed by atoms with Crippen molar-refractivity contribution in [3.63, 3.8) is 0 Å². The minimum atomic E-state index is -4.15. The number of rotatable bonds is 5. The lowest BCUT2D eigenvalue weighted by Crippen LogP contribution is -2.31. The number of benzene rings is 1. The topological polar surface area (TPSA) is 135 Å². The van der Waals surface area contributed by atoms with Gasteiger partial charge in [0.1, 0.15) is 29.8 Å². The van der Waals surface area contributed by atoms with E-state index in [2.05, 4.69) is 4.98 Å². The Labute approximate surface area is 181 Å². The first-order valence-electron chi connectivity index (χ1n) is 9.87. The zero-order chi connectivity index (χ0) is 23.0. The molecular weight excluding hydrogens is 451 g/mol. The third-order valence-corrected chi connectivity index (χ3v) is 6.87. The van der Waals surface area contributed by atoms with Gasteiger partial charge < -0.3 is 15.6 Å². The summed E-state index contributed by atoms with van der Waals surface area (Å²) in [5.41, 5.74) is 4.74. The van der Waals surface area contributed by atoms with Gasteiger partial charge in [-0.15, -0.1) is 0 Å². The summed E-state index contributed by atoms with van der Waals surface area (Å²) < 4.78 is 63.2. The molecule has 0 aliphatic carbocycles. The molecule has 2 saturated heterocycles. The SMILES string of the molecule is C[C@H]1[C@H](O)[C@@H](COP2(=O)OCCC(c3cc(F)ccc3F)O2)O[C@H]1n1ccc(N)nc1=O. The molecule has 3 N–H and O–H groups in total. The first kappa shape index (κ1) is 23.0. The number of ether oxygens (including phenoxy) is 1. The van der Waals surface area contributed by atoms with Gasteiger partial charge in [-0.3, -0.25) is 18.1 Å². The Balaban J connectivity index is 1.44. The molecule has 2 aliphatic heterocycles. The Morgan fingerprint density at radius 1 is 1.38 bits per heavy atom. The first-order chi connectivity index (χ1) is 15.2. The van der Waals surface area contributed by atoms with Crippen LogP contribution >= 0.6 is 7.82 Å². The molecule has 3 heterocycles. The predicted molar refractivity (Wildman–Crippen MR) is 106 cm³/mol. The van der Waals surface area contributed by atoms with Gasteiger partial charge in [-0.05, 0) is 24.3 Å². The molecular formula is C19H22F2N3O7P. The zero-order valence-corrected chi connectivity index (χ0v) is 17.9. The molecule has 1 aromatic carbocycles. The Kier molecular flexibility index (Phi) is 6.44. The van der Waals surface area contributed by atoms with Crippen molar-refractivity contribution in [3.05, 3.63) is 58.1 Å². The number of nitrogens with zero attached hydrogens (tertiary/aromatic N) is 2. The normalized spacial score (nSPS) is 32.8. The second kappa shape index (κ2) is 8.97. The first-order valence-corrected chi connectivity index (χ1v) is 11.3. The number of halogens is 2. The summed E-state index contributed by atoms with van der Waals surface area (Å²) in [7, 11) is -4.15. The van der Waals surface area contributed by atoms with E-state index in [0.717, 1.165) is 18.2 Å². The highest BCUT2D eigenvalue weighted by molar-refractivity contribution is 7.48. The van der Waals surface area contributed by atoms with Crippen LogP contribution in [-0.2, 0) is 22.9 Å². The van der Waals surface area contributed by atoms with Crippen molar-refractivity contribution in [2.75, 3.05) is 18.9 Å². The lowest BCUT2D eigenvalue weighted by Gasteiger charge is -2.30. The van der Waals surface area contributed by atoms with Crippen LogP contribution in [0, 0.1) is 17.6 Å². The van der Waals surface area contributed by atoms with E-state index in [4.69, 9.17) is 24.0 Å². The van der Waals surface area contributed by atoms with Crippen LogP contribution in [0.5, 0.6) is 0 Å². The van der Waals surface area contributed by atoms with E-state index < -0.39 is 62.2 Å². The van der Waals surface area contributed by atoms with Gasteiger partial charge >= 0.3 is 13.5 Å². The highest BCUT2D eigenvalue weighted by atomic mass is 31.2. The van der Waals surface area contributed by atoms with Crippen molar-refractivity contribution in [1.82, 2.24) is 9.55 Å². The van der Waals surface area contributed by atoms with Crippen molar-refractivity contribution in [3.8, 4) is 0 Å². The van der Waals surface area contributed by atoms with Crippen LogP contribution < -0.4 is 11.4 Å². The molecule has 2 unspecified atom stereocenters. The fourth-order valence-electron chi connectivity index (χ4n) is 3.68. The van der Waals surface area contributed by atoms with Gasteiger partial charge in [0, 0.05) is 24.1 Å². The Hall–Kier alpha value is -2.21. The van der Waals surface area contributed by atoms with E-state index in [-0.39, 0.29) is 24.4 Å². The van der Waals surface area contributed by atoms with Gasteiger partial charge in [-0.1, -0.05) is 6.92 Å². The third kappa shape index (κ3) is 4.61. The smallest absolute Gasteiger partial charge is 0.390 e. The number of hydrogen-bond acceptors (Lipinski definition) is 9. The average Bonchev–Trinajstić information content (AvgIpc) is 3.02. The molecule has 0 saturated carbocycles. The van der Waals surface area contributed by atoms with E-state index in [9.17, 15) is 23.2 Å². The van der Waals surface area contributed by atoms with Crippen LogP contribution in [0.25, 0.3) is 0 Å². The van der Waals surface area contributed by atoms with Crippen LogP contribution in [0.15, 0.2) is 35.3 Å². The Bertz CT molecular complexity index is 1100. The largest absolute Gasteiger partial charge is 0.475 e. The van der Waals surface area contributed by atoms with Gasteiger partial charge in [0.25, 0.3) is 0 Å². The maximum absolute atomic E-state index is 14.1. The molecule has 0 bridgehead atoms. The maximum Gasteiger partial charge on any atom is 0.475 e. The van der Waals surface area contributed by atoms with Crippen LogP contribution in [0.4, 0.5) is 14.6 Å². The van der Waals surface area contributed by atoms with Gasteiger partial charge in [0.2, 0.25) is 0 Å². The van der Waals surface area contributed by atoms with Crippen molar-refractivity contribution in [2.24, 2.45) is 5.92 Å². The van der Waals surface area contributed by atoms with Crippen LogP contribution in [0.1, 0.15) is 31.2 Å². The monoisotopic (exact) mass is 473 g/mol. The van der Waals surface area contributed by atoms with Crippen LogP contribution in [0.2, 0.25) is 0 Å². The number of phosphoric ester groups is 1. The van der Waals surface area contributed by atoms with Crippen molar-refractivity contribution in [1.29, 1.82) is 0 Å². The minimum absolute atomic E-state index is 0.0475. The summed E-state index contributed by atoms with van der Waals surface area (Å²) in [6.45, 7) is 1.20. The van der Waals surface area contributed by atoms with Crippen molar-refractivity contribution in [2.45, 2.75) is 37.9 Å². The molecule has 4 rings (SSSR count). The zero-order valence-electron chi connectivity index (χ0n) is 17.0. The summed E-state index contributed by atoms with van der Waals surface area (Å²) in [6.07, 6.45) is -2.40. The summed E-state index contributed by atoms with van der Waals surface area (Å²) in [4.78, 5) is 15.7. The molecule has 6 atom stereocenters. The van der Waals surface area contributed by atoms with Crippen molar-refractivity contribution >= 4 is 13.6 Å². The highest BCUT2D eigenvalue weighted by Crippen LogP contribution is 2.57. The molecule has 0 spiro atoms. The maximum atomic E-state index is 14.1. The molecule has 1 aromatic heterocycles. The lowest BCUT2D eigenvalue weighted by molar-refractivity contribution is -0.0562. The molecule has 32 heavy (non-hydrogen) atoms. The van der Waals surface area contributed by atoms with Gasteiger partial charge in [-0.2, -0.15) is 4.98 Å². The number of aromatic nitrogens is 2. The third-order valence-electron chi connectivity index (χ3n) is 5.40. The number of aliphatic hydroxyl groups excluding tert-OH is 1. The summed E-state index contributed by atoms with van der Waals surface area (Å²) in [6, 6.07) is 4.30. The molecule has 13 heteroatoms.